The quantitative estimate of drug-likeness (QED) is 0.322. The number of nitrogens with zero attached hydrogens (tertiary/aromatic N) is 1. The first-order valence-electron chi connectivity index (χ1n) is 5.79. The molecule has 2 aromatic rings. The van der Waals surface area contributed by atoms with Crippen molar-refractivity contribution in [2.24, 2.45) is 5.10 Å². The van der Waals surface area contributed by atoms with Gasteiger partial charge in [0, 0.05) is 5.69 Å². The van der Waals surface area contributed by atoms with Crippen molar-refractivity contribution in [3.8, 4) is 5.75 Å². The lowest BCUT2D eigenvalue weighted by Gasteiger charge is -2.06. The van der Waals surface area contributed by atoms with E-state index in [-0.39, 0.29) is 5.75 Å². The van der Waals surface area contributed by atoms with Gasteiger partial charge in [-0.25, -0.2) is 0 Å². The van der Waals surface area contributed by atoms with Crippen LogP contribution in [-0.4, -0.2) is 16.4 Å². The van der Waals surface area contributed by atoms with Crippen molar-refractivity contribution >= 4 is 51.8 Å². The molecule has 0 aliphatic rings. The van der Waals surface area contributed by atoms with Crippen LogP contribution < -0.4 is 10.7 Å². The van der Waals surface area contributed by atoms with Gasteiger partial charge in [-0.3, -0.25) is 5.43 Å². The van der Waals surface area contributed by atoms with Crippen LogP contribution in [0.3, 0.4) is 0 Å². The van der Waals surface area contributed by atoms with E-state index in [0.717, 1.165) is 14.8 Å². The summed E-state index contributed by atoms with van der Waals surface area (Å²) >= 11 is 7.18. The third-order valence-corrected chi connectivity index (χ3v) is 3.44. The predicted molar refractivity (Wildman–Crippen MR) is 94.2 cm³/mol. The lowest BCUT2D eigenvalue weighted by atomic mass is 10.2. The van der Waals surface area contributed by atoms with Crippen molar-refractivity contribution in [1.29, 1.82) is 0 Å². The zero-order valence-corrected chi connectivity index (χ0v) is 13.4. The summed E-state index contributed by atoms with van der Waals surface area (Å²) in [5.41, 5.74) is 4.52. The highest BCUT2D eigenvalue weighted by atomic mass is 127. The van der Waals surface area contributed by atoms with Crippen LogP contribution in [0.5, 0.6) is 5.75 Å². The number of anilines is 1. The highest BCUT2D eigenvalue weighted by molar-refractivity contribution is 14.1. The fourth-order valence-electron chi connectivity index (χ4n) is 1.45. The fraction of sp³-hybridized carbons (Fsp3) is 0. The molecule has 102 valence electrons. The smallest absolute Gasteiger partial charge is 0.191 e. The minimum atomic E-state index is 0.261. The van der Waals surface area contributed by atoms with Gasteiger partial charge < -0.3 is 10.4 Å². The van der Waals surface area contributed by atoms with E-state index in [1.165, 1.54) is 0 Å². The van der Waals surface area contributed by atoms with Gasteiger partial charge >= 0.3 is 0 Å². The third kappa shape index (κ3) is 4.46. The van der Waals surface area contributed by atoms with Crippen molar-refractivity contribution in [3.05, 3.63) is 57.7 Å². The molecule has 0 bridgehead atoms. The van der Waals surface area contributed by atoms with Crippen LogP contribution in [0.1, 0.15) is 5.56 Å². The van der Waals surface area contributed by atoms with Crippen molar-refractivity contribution < 1.29 is 5.11 Å². The van der Waals surface area contributed by atoms with E-state index >= 15 is 0 Å². The number of para-hydroxylation sites is 1. The van der Waals surface area contributed by atoms with Gasteiger partial charge in [-0.05, 0) is 70.7 Å². The summed E-state index contributed by atoms with van der Waals surface area (Å²) in [6, 6.07) is 14.8. The maximum atomic E-state index is 9.42. The average molecular weight is 397 g/mol. The zero-order chi connectivity index (χ0) is 14.4. The Kier molecular flexibility index (Phi) is 5.31. The molecule has 0 atom stereocenters. The maximum absolute atomic E-state index is 9.42. The van der Waals surface area contributed by atoms with E-state index in [0.29, 0.717) is 5.11 Å². The number of hydrazone groups is 1. The predicted octanol–water partition coefficient (Wildman–Crippen LogP) is 3.32. The van der Waals surface area contributed by atoms with E-state index in [1.807, 2.05) is 36.4 Å². The molecule has 0 heterocycles. The van der Waals surface area contributed by atoms with Crippen LogP contribution in [0, 0.1) is 3.57 Å². The molecule has 0 unspecified atom stereocenters. The van der Waals surface area contributed by atoms with E-state index in [9.17, 15) is 5.11 Å². The van der Waals surface area contributed by atoms with Gasteiger partial charge in [0.25, 0.3) is 0 Å². The van der Waals surface area contributed by atoms with Crippen LogP contribution in [0.2, 0.25) is 0 Å². The number of aromatic hydroxyl groups is 1. The Morgan fingerprint density at radius 1 is 1.20 bits per heavy atom. The Morgan fingerprint density at radius 3 is 2.65 bits per heavy atom. The molecule has 3 N–H and O–H groups in total. The fourth-order valence-corrected chi connectivity index (χ4v) is 2.16. The van der Waals surface area contributed by atoms with Crippen molar-refractivity contribution in [2.75, 3.05) is 5.32 Å². The molecule has 0 aromatic heterocycles. The summed E-state index contributed by atoms with van der Waals surface area (Å²) < 4.78 is 0.775. The van der Waals surface area contributed by atoms with Gasteiger partial charge in [0.05, 0.1) is 9.78 Å². The number of benzene rings is 2. The van der Waals surface area contributed by atoms with E-state index in [4.69, 9.17) is 12.2 Å². The lowest BCUT2D eigenvalue weighted by molar-refractivity contribution is 0.471. The first kappa shape index (κ1) is 14.7. The summed E-state index contributed by atoms with van der Waals surface area (Å²) in [5.74, 6) is 0.261. The van der Waals surface area contributed by atoms with Crippen LogP contribution in [-0.2, 0) is 0 Å². The largest absolute Gasteiger partial charge is 0.507 e. The van der Waals surface area contributed by atoms with Crippen molar-refractivity contribution in [1.82, 2.24) is 5.43 Å². The highest BCUT2D eigenvalue weighted by Crippen LogP contribution is 2.19. The van der Waals surface area contributed by atoms with Crippen LogP contribution in [0.25, 0.3) is 0 Å². The molecular formula is C14H12IN3OS. The molecule has 0 radical (unpaired) electrons. The van der Waals surface area contributed by atoms with E-state index in [1.54, 1.807) is 18.3 Å². The molecule has 2 aromatic carbocycles. The van der Waals surface area contributed by atoms with Gasteiger partial charge in [0.2, 0.25) is 0 Å². The maximum Gasteiger partial charge on any atom is 0.191 e. The summed E-state index contributed by atoms with van der Waals surface area (Å²) in [4.78, 5) is 0. The van der Waals surface area contributed by atoms with Crippen LogP contribution in [0.15, 0.2) is 53.6 Å². The average Bonchev–Trinajstić information content (AvgIpc) is 2.44. The monoisotopic (exact) mass is 397 g/mol. The van der Waals surface area contributed by atoms with Crippen molar-refractivity contribution in [2.45, 2.75) is 0 Å². The number of hydrogen-bond donors (Lipinski definition) is 3. The molecule has 6 heteroatoms. The number of thiocarbonyl (C=S) groups is 1. The number of halogens is 1. The number of nitrogens with one attached hydrogen (secondary N) is 2. The Bertz CT molecular complexity index is 632. The minimum Gasteiger partial charge on any atom is -0.507 e. The SMILES string of the molecule is Oc1ccc(/C=N/NC(=S)Nc2ccccc2)cc1I. The first-order chi connectivity index (χ1) is 9.65. The van der Waals surface area contributed by atoms with Gasteiger partial charge in [-0.15, -0.1) is 0 Å². The third-order valence-electron chi connectivity index (χ3n) is 2.38. The van der Waals surface area contributed by atoms with Gasteiger partial charge in [0.1, 0.15) is 5.75 Å². The van der Waals surface area contributed by atoms with E-state index < -0.39 is 0 Å². The first-order valence-corrected chi connectivity index (χ1v) is 7.27. The highest BCUT2D eigenvalue weighted by Gasteiger charge is 1.97. The normalized spacial score (nSPS) is 10.4. The van der Waals surface area contributed by atoms with Crippen molar-refractivity contribution in [3.63, 3.8) is 0 Å². The summed E-state index contributed by atoms with van der Waals surface area (Å²) in [6.07, 6.45) is 1.64. The molecule has 0 aliphatic heterocycles. The molecule has 2 rings (SSSR count). The summed E-state index contributed by atoms with van der Waals surface area (Å²) in [5, 5.41) is 16.9. The summed E-state index contributed by atoms with van der Waals surface area (Å²) in [7, 11) is 0. The van der Waals surface area contributed by atoms with Gasteiger partial charge in [-0.1, -0.05) is 18.2 Å². The molecule has 20 heavy (non-hydrogen) atoms. The Hall–Kier alpha value is -1.67. The number of phenolic OH excluding ortho intramolecular Hbond substituents is 1. The molecule has 0 saturated carbocycles. The molecular weight excluding hydrogens is 385 g/mol. The molecule has 0 fully saturated rings. The number of rotatable bonds is 3. The molecule has 0 aliphatic carbocycles. The second kappa shape index (κ2) is 7.20. The van der Waals surface area contributed by atoms with Gasteiger partial charge in [0.15, 0.2) is 5.11 Å². The Labute approximate surface area is 136 Å². The summed E-state index contributed by atoms with van der Waals surface area (Å²) in [6.45, 7) is 0. The number of phenols is 1. The Morgan fingerprint density at radius 2 is 1.95 bits per heavy atom. The number of hydrogen-bond acceptors (Lipinski definition) is 3. The molecule has 0 spiro atoms. The zero-order valence-electron chi connectivity index (χ0n) is 10.4. The topological polar surface area (TPSA) is 56.7 Å². The van der Waals surface area contributed by atoms with E-state index in [2.05, 4.69) is 38.4 Å². The minimum absolute atomic E-state index is 0.261. The van der Waals surface area contributed by atoms with Crippen LogP contribution >= 0.6 is 34.8 Å². The second-order valence-corrected chi connectivity index (χ2v) is 5.47. The lowest BCUT2D eigenvalue weighted by Crippen LogP contribution is -2.23. The second-order valence-electron chi connectivity index (χ2n) is 3.90. The molecule has 0 amide bonds. The molecule has 4 nitrogen and oxygen atoms in total. The standard InChI is InChI=1S/C14H12IN3OS/c15-12-8-10(6-7-13(12)19)9-16-18-14(20)17-11-4-2-1-3-5-11/h1-9,19H,(H2,17,18,20)/b16-9+. The van der Waals surface area contributed by atoms with Crippen LogP contribution in [0.4, 0.5) is 5.69 Å². The van der Waals surface area contributed by atoms with Gasteiger partial charge in [-0.2, -0.15) is 5.10 Å². The molecule has 0 saturated heterocycles. The Balaban J connectivity index is 1.89.